The van der Waals surface area contributed by atoms with Gasteiger partial charge in [0.05, 0.1) is 11.7 Å². The molecule has 0 saturated carbocycles. The van der Waals surface area contributed by atoms with E-state index in [9.17, 15) is 14.0 Å². The molecule has 142 valence electrons. The standard InChI is InChI=1S/C21H19FN4O2/c22-17-8-6-15(7-9-17)12-23-21(28)25-13-18(14-25)26-20(27)11-10-19(24-26)16-4-2-1-3-5-16/h1-11,18H,12-14H2,(H,23,28). The third-order valence-corrected chi connectivity index (χ3v) is 4.75. The van der Waals surface area contributed by atoms with Gasteiger partial charge in [-0.3, -0.25) is 4.79 Å². The van der Waals surface area contributed by atoms with Gasteiger partial charge < -0.3 is 10.2 Å². The minimum absolute atomic E-state index is 0.146. The lowest BCUT2D eigenvalue weighted by Gasteiger charge is -2.39. The molecule has 0 spiro atoms. The second-order valence-electron chi connectivity index (χ2n) is 6.71. The number of hydrogen-bond donors (Lipinski definition) is 1. The number of halogens is 1. The fourth-order valence-electron chi connectivity index (χ4n) is 3.12. The maximum Gasteiger partial charge on any atom is 0.317 e. The first kappa shape index (κ1) is 17.9. The highest BCUT2D eigenvalue weighted by Crippen LogP contribution is 2.21. The molecule has 0 atom stereocenters. The van der Waals surface area contributed by atoms with Crippen molar-refractivity contribution in [2.24, 2.45) is 0 Å². The van der Waals surface area contributed by atoms with Gasteiger partial charge in [0.2, 0.25) is 0 Å². The molecule has 2 amide bonds. The molecule has 2 aromatic carbocycles. The van der Waals surface area contributed by atoms with Gasteiger partial charge in [0, 0.05) is 31.3 Å². The summed E-state index contributed by atoms with van der Waals surface area (Å²) in [6.07, 6.45) is 0. The summed E-state index contributed by atoms with van der Waals surface area (Å²) in [6.45, 7) is 1.16. The van der Waals surface area contributed by atoms with Gasteiger partial charge in [-0.25, -0.2) is 13.9 Å². The molecule has 1 saturated heterocycles. The minimum Gasteiger partial charge on any atom is -0.334 e. The molecule has 7 heteroatoms. The summed E-state index contributed by atoms with van der Waals surface area (Å²) in [7, 11) is 0. The van der Waals surface area contributed by atoms with E-state index in [0.717, 1.165) is 16.8 Å². The smallest absolute Gasteiger partial charge is 0.317 e. The summed E-state index contributed by atoms with van der Waals surface area (Å²) in [4.78, 5) is 26.1. The van der Waals surface area contributed by atoms with E-state index in [-0.39, 0.29) is 23.4 Å². The van der Waals surface area contributed by atoms with Crippen LogP contribution in [-0.2, 0) is 6.54 Å². The van der Waals surface area contributed by atoms with Gasteiger partial charge in [-0.1, -0.05) is 42.5 Å². The Hall–Kier alpha value is -3.48. The van der Waals surface area contributed by atoms with Gasteiger partial charge in [-0.2, -0.15) is 5.10 Å². The molecule has 3 aromatic rings. The van der Waals surface area contributed by atoms with Gasteiger partial charge in [0.25, 0.3) is 5.56 Å². The maximum atomic E-state index is 12.9. The fourth-order valence-corrected chi connectivity index (χ4v) is 3.12. The number of nitrogens with zero attached hydrogens (tertiary/aromatic N) is 3. The third-order valence-electron chi connectivity index (χ3n) is 4.75. The van der Waals surface area contributed by atoms with Crippen LogP contribution in [0.5, 0.6) is 0 Å². The van der Waals surface area contributed by atoms with Gasteiger partial charge in [-0.05, 0) is 23.8 Å². The number of carbonyl (C=O) groups is 1. The quantitative estimate of drug-likeness (QED) is 0.759. The lowest BCUT2D eigenvalue weighted by molar-refractivity contribution is 0.115. The van der Waals surface area contributed by atoms with Crippen molar-refractivity contribution in [3.05, 3.63) is 88.5 Å². The van der Waals surface area contributed by atoms with Crippen LogP contribution in [0.2, 0.25) is 0 Å². The zero-order chi connectivity index (χ0) is 19.5. The Bertz CT molecular complexity index is 1030. The average molecular weight is 378 g/mol. The molecule has 1 fully saturated rings. The number of rotatable bonds is 4. The Morgan fingerprint density at radius 2 is 1.75 bits per heavy atom. The summed E-state index contributed by atoms with van der Waals surface area (Å²) in [6, 6.07) is 18.5. The molecule has 28 heavy (non-hydrogen) atoms. The van der Waals surface area contributed by atoms with Crippen molar-refractivity contribution in [2.45, 2.75) is 12.6 Å². The van der Waals surface area contributed by atoms with E-state index in [4.69, 9.17) is 0 Å². The zero-order valence-electron chi connectivity index (χ0n) is 15.1. The predicted molar refractivity (Wildman–Crippen MR) is 103 cm³/mol. The highest BCUT2D eigenvalue weighted by molar-refractivity contribution is 5.75. The van der Waals surface area contributed by atoms with Crippen molar-refractivity contribution >= 4 is 6.03 Å². The van der Waals surface area contributed by atoms with Gasteiger partial charge in [0.15, 0.2) is 0 Å². The molecule has 0 bridgehead atoms. The summed E-state index contributed by atoms with van der Waals surface area (Å²) >= 11 is 0. The molecule has 1 aromatic heterocycles. The molecular formula is C21H19FN4O2. The molecule has 0 radical (unpaired) electrons. The second-order valence-corrected chi connectivity index (χ2v) is 6.71. The predicted octanol–water partition coefficient (Wildman–Crippen LogP) is 2.82. The first-order valence-corrected chi connectivity index (χ1v) is 9.03. The normalized spacial score (nSPS) is 13.8. The Morgan fingerprint density at radius 3 is 2.46 bits per heavy atom. The lowest BCUT2D eigenvalue weighted by atomic mass is 10.1. The first-order valence-electron chi connectivity index (χ1n) is 9.03. The highest BCUT2D eigenvalue weighted by Gasteiger charge is 2.33. The van der Waals surface area contributed by atoms with E-state index >= 15 is 0 Å². The second kappa shape index (κ2) is 7.64. The third kappa shape index (κ3) is 3.78. The summed E-state index contributed by atoms with van der Waals surface area (Å²) in [5, 5.41) is 7.27. The summed E-state index contributed by atoms with van der Waals surface area (Å²) in [5.41, 5.74) is 2.29. The van der Waals surface area contributed by atoms with E-state index in [1.807, 2.05) is 30.3 Å². The van der Waals surface area contributed by atoms with E-state index < -0.39 is 0 Å². The van der Waals surface area contributed by atoms with Crippen LogP contribution < -0.4 is 10.9 Å². The first-order chi connectivity index (χ1) is 13.6. The summed E-state index contributed by atoms with van der Waals surface area (Å²) < 4.78 is 14.4. The molecule has 1 aliphatic heterocycles. The number of amides is 2. The molecular weight excluding hydrogens is 359 g/mol. The van der Waals surface area contributed by atoms with Crippen molar-refractivity contribution in [3.8, 4) is 11.3 Å². The van der Waals surface area contributed by atoms with Crippen LogP contribution >= 0.6 is 0 Å². The van der Waals surface area contributed by atoms with Crippen molar-refractivity contribution in [1.29, 1.82) is 0 Å². The van der Waals surface area contributed by atoms with Crippen molar-refractivity contribution < 1.29 is 9.18 Å². The fraction of sp³-hybridized carbons (Fsp3) is 0.190. The van der Waals surface area contributed by atoms with Gasteiger partial charge in [-0.15, -0.1) is 0 Å². The number of likely N-dealkylation sites (tertiary alicyclic amines) is 1. The molecule has 2 heterocycles. The largest absolute Gasteiger partial charge is 0.334 e. The molecule has 1 N–H and O–H groups in total. The number of aromatic nitrogens is 2. The Kier molecular flexibility index (Phi) is 4.89. The topological polar surface area (TPSA) is 67.2 Å². The Balaban J connectivity index is 1.37. The Labute approximate surface area is 161 Å². The van der Waals surface area contributed by atoms with Crippen LogP contribution in [-0.4, -0.2) is 33.8 Å². The van der Waals surface area contributed by atoms with E-state index in [1.54, 1.807) is 23.1 Å². The molecule has 0 unspecified atom stereocenters. The SMILES string of the molecule is O=C(NCc1ccc(F)cc1)N1CC(n2nc(-c3ccccc3)ccc2=O)C1. The van der Waals surface area contributed by atoms with Crippen LogP contribution in [0.3, 0.4) is 0 Å². The molecule has 6 nitrogen and oxygen atoms in total. The number of benzene rings is 2. The van der Waals surface area contributed by atoms with Crippen LogP contribution in [0.1, 0.15) is 11.6 Å². The average Bonchev–Trinajstić information content (AvgIpc) is 2.68. The van der Waals surface area contributed by atoms with E-state index in [1.165, 1.54) is 22.9 Å². The van der Waals surface area contributed by atoms with E-state index in [0.29, 0.717) is 19.6 Å². The van der Waals surface area contributed by atoms with Crippen LogP contribution in [0.25, 0.3) is 11.3 Å². The van der Waals surface area contributed by atoms with Crippen LogP contribution in [0, 0.1) is 5.82 Å². The zero-order valence-corrected chi connectivity index (χ0v) is 15.1. The highest BCUT2D eigenvalue weighted by atomic mass is 19.1. The van der Waals surface area contributed by atoms with Crippen LogP contribution in [0.4, 0.5) is 9.18 Å². The van der Waals surface area contributed by atoms with Crippen molar-refractivity contribution in [2.75, 3.05) is 13.1 Å². The number of carbonyl (C=O) groups excluding carboxylic acids is 1. The minimum atomic E-state index is -0.309. The van der Waals surface area contributed by atoms with Crippen molar-refractivity contribution in [1.82, 2.24) is 20.0 Å². The van der Waals surface area contributed by atoms with E-state index in [2.05, 4.69) is 10.4 Å². The van der Waals surface area contributed by atoms with Crippen molar-refractivity contribution in [3.63, 3.8) is 0 Å². The summed E-state index contributed by atoms with van der Waals surface area (Å²) in [5.74, 6) is -0.309. The number of urea groups is 1. The van der Waals surface area contributed by atoms with Gasteiger partial charge >= 0.3 is 6.03 Å². The lowest BCUT2D eigenvalue weighted by Crippen LogP contribution is -2.56. The number of hydrogen-bond acceptors (Lipinski definition) is 3. The maximum absolute atomic E-state index is 12.9. The monoisotopic (exact) mass is 378 g/mol. The molecule has 1 aliphatic rings. The Morgan fingerprint density at radius 1 is 1.04 bits per heavy atom. The number of nitrogens with one attached hydrogen (secondary N) is 1. The molecule has 4 rings (SSSR count). The van der Waals surface area contributed by atoms with Crippen LogP contribution in [0.15, 0.2) is 71.5 Å². The molecule has 0 aliphatic carbocycles. The van der Waals surface area contributed by atoms with Gasteiger partial charge in [0.1, 0.15) is 5.82 Å².